The van der Waals surface area contributed by atoms with Gasteiger partial charge in [-0.3, -0.25) is 15.0 Å². The first-order chi connectivity index (χ1) is 17.9. The number of nitrogens with one attached hydrogen (secondary N) is 3. The van der Waals surface area contributed by atoms with Crippen LogP contribution in [0.2, 0.25) is 0 Å². The number of hydrogen-bond donors (Lipinski definition) is 4. The zero-order valence-corrected chi connectivity index (χ0v) is 20.0. The molecule has 0 aromatic heterocycles. The van der Waals surface area contributed by atoms with Gasteiger partial charge in [0.1, 0.15) is 12.6 Å². The van der Waals surface area contributed by atoms with Crippen LogP contribution in [0.5, 0.6) is 0 Å². The number of hydrazine groups is 1. The Hall–Kier alpha value is -4.66. The number of carbonyl (C=O) groups is 4. The predicted octanol–water partition coefficient (Wildman–Crippen LogP) is 3.15. The summed E-state index contributed by atoms with van der Waals surface area (Å²) in [5.41, 5.74) is 9.73. The molecular formula is C28H27N3O6. The monoisotopic (exact) mass is 501 g/mol. The minimum Gasteiger partial charge on any atom is -0.474 e. The van der Waals surface area contributed by atoms with E-state index in [1.54, 1.807) is 0 Å². The molecule has 0 saturated heterocycles. The first-order valence-electron chi connectivity index (χ1n) is 11.9. The number of hydrogen-bond acceptors (Lipinski definition) is 5. The van der Waals surface area contributed by atoms with Gasteiger partial charge in [-0.2, -0.15) is 0 Å². The van der Waals surface area contributed by atoms with Gasteiger partial charge >= 0.3 is 18.0 Å². The molecule has 1 aliphatic carbocycles. The predicted molar refractivity (Wildman–Crippen MR) is 135 cm³/mol. The summed E-state index contributed by atoms with van der Waals surface area (Å²) in [4.78, 5) is 47.6. The fraction of sp³-hybridized carbons (Fsp3) is 0.214. The second-order valence-corrected chi connectivity index (χ2v) is 8.65. The number of carboxylic acid groups (broad SMARTS) is 1. The second kappa shape index (κ2) is 11.9. The molecule has 0 aliphatic heterocycles. The Morgan fingerprint density at radius 3 is 2.03 bits per heavy atom. The normalized spacial score (nSPS) is 12.5. The molecular weight excluding hydrogens is 474 g/mol. The van der Waals surface area contributed by atoms with Crippen molar-refractivity contribution in [1.82, 2.24) is 16.2 Å². The van der Waals surface area contributed by atoms with Crippen LogP contribution in [0.1, 0.15) is 35.4 Å². The van der Waals surface area contributed by atoms with Gasteiger partial charge in [-0.05, 0) is 47.1 Å². The molecule has 0 bridgehead atoms. The Labute approximate surface area is 213 Å². The summed E-state index contributed by atoms with van der Waals surface area (Å²) in [5.74, 6) is -3.91. The second-order valence-electron chi connectivity index (χ2n) is 8.65. The highest BCUT2D eigenvalue weighted by molar-refractivity contribution is 6.32. The van der Waals surface area contributed by atoms with Gasteiger partial charge in [0, 0.05) is 5.92 Å². The van der Waals surface area contributed by atoms with E-state index in [0.717, 1.165) is 27.8 Å². The van der Waals surface area contributed by atoms with E-state index < -0.39 is 29.9 Å². The van der Waals surface area contributed by atoms with Crippen molar-refractivity contribution in [2.24, 2.45) is 0 Å². The quantitative estimate of drug-likeness (QED) is 0.277. The fourth-order valence-corrected chi connectivity index (χ4v) is 4.48. The summed E-state index contributed by atoms with van der Waals surface area (Å²) >= 11 is 0. The van der Waals surface area contributed by atoms with Gasteiger partial charge in [-0.15, -0.1) is 0 Å². The van der Waals surface area contributed by atoms with Crippen molar-refractivity contribution in [2.75, 3.05) is 6.61 Å². The molecule has 3 aromatic carbocycles. The van der Waals surface area contributed by atoms with E-state index in [0.29, 0.717) is 12.8 Å². The van der Waals surface area contributed by atoms with Gasteiger partial charge in [-0.1, -0.05) is 78.9 Å². The smallest absolute Gasteiger partial charge is 0.426 e. The van der Waals surface area contributed by atoms with Gasteiger partial charge < -0.3 is 15.2 Å². The minimum atomic E-state index is -1.70. The van der Waals surface area contributed by atoms with Crippen molar-refractivity contribution >= 4 is 23.9 Å². The number of rotatable bonds is 8. The van der Waals surface area contributed by atoms with Crippen molar-refractivity contribution in [2.45, 2.75) is 31.2 Å². The highest BCUT2D eigenvalue weighted by atomic mass is 16.6. The van der Waals surface area contributed by atoms with Gasteiger partial charge in [0.05, 0.1) is 0 Å². The molecule has 4 rings (SSSR count). The van der Waals surface area contributed by atoms with Gasteiger partial charge in [0.2, 0.25) is 0 Å². The van der Waals surface area contributed by atoms with Gasteiger partial charge in [0.15, 0.2) is 0 Å². The molecule has 0 fully saturated rings. The molecule has 1 aliphatic rings. The van der Waals surface area contributed by atoms with E-state index >= 15 is 0 Å². The molecule has 1 unspecified atom stereocenters. The van der Waals surface area contributed by atoms with Crippen LogP contribution in [0.25, 0.3) is 11.1 Å². The summed E-state index contributed by atoms with van der Waals surface area (Å²) in [7, 11) is 0. The van der Waals surface area contributed by atoms with Crippen molar-refractivity contribution in [3.8, 4) is 11.1 Å². The first-order valence-corrected chi connectivity index (χ1v) is 11.9. The Balaban J connectivity index is 1.31. The lowest BCUT2D eigenvalue weighted by Gasteiger charge is -2.18. The largest absolute Gasteiger partial charge is 0.474 e. The molecule has 37 heavy (non-hydrogen) atoms. The molecule has 190 valence electrons. The average molecular weight is 502 g/mol. The standard InChI is InChI=1S/C28H27N3O6/c32-25(24(29-26(33)27(34)35)16-8-11-18-9-2-1-3-10-18)30-31-28(36)37-17-23-21-14-6-4-12-19(21)20-13-5-7-15-22(20)23/h1-7,9-10,12-15,23-24H,8,11,16-17H2,(H,29,33)(H,30,32)(H,31,36)(H,34,35). The van der Waals surface area contributed by atoms with Crippen LogP contribution in [0.3, 0.4) is 0 Å². The topological polar surface area (TPSA) is 134 Å². The van der Waals surface area contributed by atoms with Gasteiger partial charge in [0.25, 0.3) is 5.91 Å². The number of ether oxygens (including phenoxy) is 1. The Morgan fingerprint density at radius 1 is 0.811 bits per heavy atom. The lowest BCUT2D eigenvalue weighted by atomic mass is 9.98. The summed E-state index contributed by atoms with van der Waals surface area (Å²) in [6.45, 7) is 0.0615. The van der Waals surface area contributed by atoms with Crippen LogP contribution in [-0.4, -0.2) is 41.6 Å². The van der Waals surface area contributed by atoms with E-state index in [4.69, 9.17) is 9.84 Å². The number of aliphatic carboxylic acids is 1. The Morgan fingerprint density at radius 2 is 1.41 bits per heavy atom. The van der Waals surface area contributed by atoms with Crippen LogP contribution in [0.4, 0.5) is 4.79 Å². The van der Waals surface area contributed by atoms with Crippen molar-refractivity contribution < 1.29 is 29.0 Å². The summed E-state index contributed by atoms with van der Waals surface area (Å²) in [6, 6.07) is 24.2. The lowest BCUT2D eigenvalue weighted by Crippen LogP contribution is -2.53. The first kappa shape index (κ1) is 25.4. The summed E-state index contributed by atoms with van der Waals surface area (Å²) < 4.78 is 5.38. The molecule has 9 heteroatoms. The van der Waals surface area contributed by atoms with E-state index in [-0.39, 0.29) is 18.9 Å². The van der Waals surface area contributed by atoms with E-state index in [2.05, 4.69) is 16.2 Å². The number of aryl methyl sites for hydroxylation is 1. The number of benzene rings is 3. The van der Waals surface area contributed by atoms with E-state index in [1.807, 2.05) is 78.9 Å². The molecule has 4 N–H and O–H groups in total. The SMILES string of the molecule is O=C(NNC(=O)C(CCCc1ccccc1)NC(=O)C(=O)O)OCC1c2ccccc2-c2ccccc21. The molecule has 0 saturated carbocycles. The maximum absolute atomic E-state index is 12.6. The zero-order chi connectivity index (χ0) is 26.2. The Kier molecular flexibility index (Phi) is 8.15. The Bertz CT molecular complexity index is 1250. The lowest BCUT2D eigenvalue weighted by molar-refractivity contribution is -0.151. The molecule has 9 nitrogen and oxygen atoms in total. The number of carboxylic acids is 1. The van der Waals surface area contributed by atoms with Crippen molar-refractivity contribution in [1.29, 1.82) is 0 Å². The highest BCUT2D eigenvalue weighted by Gasteiger charge is 2.29. The molecule has 0 heterocycles. The summed E-state index contributed by atoms with van der Waals surface area (Å²) in [5, 5.41) is 11.1. The third-order valence-corrected chi connectivity index (χ3v) is 6.25. The van der Waals surface area contributed by atoms with Crippen LogP contribution in [0, 0.1) is 0 Å². The van der Waals surface area contributed by atoms with Crippen molar-refractivity contribution in [3.05, 3.63) is 95.6 Å². The van der Waals surface area contributed by atoms with E-state index in [9.17, 15) is 19.2 Å². The van der Waals surface area contributed by atoms with E-state index in [1.165, 1.54) is 0 Å². The maximum atomic E-state index is 12.6. The molecule has 0 radical (unpaired) electrons. The van der Waals surface area contributed by atoms with Crippen LogP contribution in [-0.2, 0) is 25.5 Å². The average Bonchev–Trinajstić information content (AvgIpc) is 3.24. The third-order valence-electron chi connectivity index (χ3n) is 6.25. The van der Waals surface area contributed by atoms with Crippen LogP contribution >= 0.6 is 0 Å². The number of carbonyl (C=O) groups excluding carboxylic acids is 3. The molecule has 3 aromatic rings. The van der Waals surface area contributed by atoms with Crippen LogP contribution in [0.15, 0.2) is 78.9 Å². The van der Waals surface area contributed by atoms with Gasteiger partial charge in [-0.25, -0.2) is 15.0 Å². The molecule has 1 atom stereocenters. The zero-order valence-electron chi connectivity index (χ0n) is 20.0. The molecule has 3 amide bonds. The van der Waals surface area contributed by atoms with Crippen LogP contribution < -0.4 is 16.2 Å². The number of fused-ring (bicyclic) bond motifs is 3. The maximum Gasteiger partial charge on any atom is 0.426 e. The highest BCUT2D eigenvalue weighted by Crippen LogP contribution is 2.44. The van der Waals surface area contributed by atoms with Crippen molar-refractivity contribution in [3.63, 3.8) is 0 Å². The third kappa shape index (κ3) is 6.32. The fourth-order valence-electron chi connectivity index (χ4n) is 4.48. The molecule has 0 spiro atoms. The number of amides is 3. The minimum absolute atomic E-state index is 0.0615. The summed E-state index contributed by atoms with van der Waals surface area (Å²) in [6.07, 6.45) is 0.440.